The van der Waals surface area contributed by atoms with Gasteiger partial charge in [0.05, 0.1) is 11.8 Å². The van der Waals surface area contributed by atoms with Gasteiger partial charge in [-0.15, -0.1) is 0 Å². The molecule has 0 saturated heterocycles. The van der Waals surface area contributed by atoms with Gasteiger partial charge in [-0.3, -0.25) is 10.5 Å². The Morgan fingerprint density at radius 3 is 2.09 bits per heavy atom. The second kappa shape index (κ2) is 5.04. The minimum Gasteiger partial charge on any atom is -0.308 e. The third kappa shape index (κ3) is 1.95. The van der Waals surface area contributed by atoms with Crippen LogP contribution in [0, 0.1) is 5.41 Å². The van der Waals surface area contributed by atoms with Crippen molar-refractivity contribution in [3.05, 3.63) is 72.4 Å². The summed E-state index contributed by atoms with van der Waals surface area (Å²) in [7, 11) is 0. The van der Waals surface area contributed by atoms with E-state index >= 15 is 0 Å². The van der Waals surface area contributed by atoms with E-state index in [0.29, 0.717) is 12.5 Å². The maximum Gasteiger partial charge on any atom is 0.141 e. The summed E-state index contributed by atoms with van der Waals surface area (Å²) < 4.78 is 0. The highest BCUT2D eigenvalue weighted by Gasteiger charge is 2.30. The number of rotatable bonds is 2. The molecular weight excluding hydrogens is 274 g/mol. The molecule has 0 aliphatic carbocycles. The highest BCUT2D eigenvalue weighted by atomic mass is 15.4. The summed E-state index contributed by atoms with van der Waals surface area (Å²) in [4.78, 5) is 4.11. The Labute approximate surface area is 128 Å². The third-order valence-electron chi connectivity index (χ3n) is 3.83. The fraction of sp³-hybridized carbons (Fsp3) is 0.0588. The average Bonchev–Trinajstić information content (AvgIpc) is 3.07. The number of benzene rings is 2. The molecule has 0 bridgehead atoms. The van der Waals surface area contributed by atoms with Gasteiger partial charge in [-0.1, -0.05) is 36.4 Å². The number of fused-ring (bicyclic) bond motifs is 1. The van der Waals surface area contributed by atoms with Gasteiger partial charge in [-0.25, -0.2) is 0 Å². The summed E-state index contributed by atoms with van der Waals surface area (Å²) in [6.45, 7) is 0.571. The zero-order valence-corrected chi connectivity index (χ0v) is 11.9. The van der Waals surface area contributed by atoms with Gasteiger partial charge in [0.2, 0.25) is 0 Å². The summed E-state index contributed by atoms with van der Waals surface area (Å²) in [6, 6.07) is 20.1. The van der Waals surface area contributed by atoms with Crippen LogP contribution in [0.3, 0.4) is 0 Å². The number of nitrogens with zero attached hydrogens (tertiary/aromatic N) is 3. The predicted molar refractivity (Wildman–Crippen MR) is 87.8 cm³/mol. The zero-order valence-electron chi connectivity index (χ0n) is 11.9. The first-order chi connectivity index (χ1) is 10.8. The van der Waals surface area contributed by atoms with Gasteiger partial charge in [0.1, 0.15) is 18.3 Å². The molecular formula is C17H15N5. The number of para-hydroxylation sites is 2. The molecule has 0 saturated carbocycles. The van der Waals surface area contributed by atoms with Crippen LogP contribution in [-0.2, 0) is 0 Å². The highest BCUT2D eigenvalue weighted by molar-refractivity contribution is 6.13. The van der Waals surface area contributed by atoms with E-state index in [9.17, 15) is 0 Å². The maximum absolute atomic E-state index is 8.47. The van der Waals surface area contributed by atoms with Crippen molar-refractivity contribution in [2.24, 2.45) is 0 Å². The van der Waals surface area contributed by atoms with E-state index in [1.165, 1.54) is 0 Å². The van der Waals surface area contributed by atoms with E-state index in [-0.39, 0.29) is 0 Å². The predicted octanol–water partition coefficient (Wildman–Crippen LogP) is 3.35. The highest BCUT2D eigenvalue weighted by Crippen LogP contribution is 2.33. The first kappa shape index (κ1) is 12.6. The van der Waals surface area contributed by atoms with Crippen molar-refractivity contribution in [1.82, 2.24) is 10.2 Å². The quantitative estimate of drug-likeness (QED) is 0.760. The largest absolute Gasteiger partial charge is 0.308 e. The van der Waals surface area contributed by atoms with Gasteiger partial charge in [-0.05, 0) is 24.3 Å². The summed E-state index contributed by atoms with van der Waals surface area (Å²) in [5.74, 6) is 1.32. The molecule has 2 N–H and O–H groups in total. The van der Waals surface area contributed by atoms with Gasteiger partial charge in [0.15, 0.2) is 0 Å². The van der Waals surface area contributed by atoms with Crippen LogP contribution in [0.1, 0.15) is 5.56 Å². The molecule has 1 aliphatic rings. The van der Waals surface area contributed by atoms with E-state index < -0.39 is 0 Å². The van der Waals surface area contributed by atoms with E-state index in [2.05, 4.69) is 27.2 Å². The Hall–Kier alpha value is -3.08. The lowest BCUT2D eigenvalue weighted by atomic mass is 10.1. The molecule has 0 unspecified atom stereocenters. The molecule has 5 nitrogen and oxygen atoms in total. The molecule has 2 heterocycles. The zero-order chi connectivity index (χ0) is 14.9. The van der Waals surface area contributed by atoms with Crippen LogP contribution in [0.2, 0.25) is 0 Å². The Bertz CT molecular complexity index is 794. The molecule has 0 atom stereocenters. The van der Waals surface area contributed by atoms with Crippen LogP contribution < -0.4 is 9.80 Å². The number of H-pyrrole nitrogens is 1. The van der Waals surface area contributed by atoms with Crippen molar-refractivity contribution in [2.45, 2.75) is 0 Å². The third-order valence-corrected chi connectivity index (χ3v) is 3.83. The molecule has 0 amide bonds. The van der Waals surface area contributed by atoms with Crippen molar-refractivity contribution in [3.8, 4) is 0 Å². The first-order valence-electron chi connectivity index (χ1n) is 7.12. The van der Waals surface area contributed by atoms with Crippen LogP contribution in [0.4, 0.5) is 17.2 Å². The molecule has 1 aliphatic heterocycles. The Balaban J connectivity index is 1.81. The molecule has 2 aromatic carbocycles. The maximum atomic E-state index is 8.47. The minimum atomic E-state index is 0.460. The molecule has 22 heavy (non-hydrogen) atoms. The number of anilines is 3. The number of nitrogens with one attached hydrogen (secondary N) is 2. The van der Waals surface area contributed by atoms with Gasteiger partial charge < -0.3 is 9.80 Å². The standard InChI is InChI=1S/C17H15N5/c18-16-15-11-19-20-17(15)22(14-9-5-2-6-10-14)12-21(16)13-7-3-1-4-8-13/h1-11,18H,12H2,(H,19,20). The molecule has 4 rings (SSSR count). The lowest BCUT2D eigenvalue weighted by Crippen LogP contribution is -2.44. The van der Waals surface area contributed by atoms with Crippen molar-refractivity contribution >= 4 is 23.0 Å². The van der Waals surface area contributed by atoms with Crippen LogP contribution in [-0.4, -0.2) is 22.7 Å². The Morgan fingerprint density at radius 1 is 0.864 bits per heavy atom. The molecule has 0 radical (unpaired) electrons. The van der Waals surface area contributed by atoms with Gasteiger partial charge >= 0.3 is 0 Å². The molecule has 0 fully saturated rings. The number of aromatic nitrogens is 2. The number of aromatic amines is 1. The lowest BCUT2D eigenvalue weighted by molar-refractivity contribution is 0.894. The average molecular weight is 289 g/mol. The van der Waals surface area contributed by atoms with Crippen LogP contribution in [0.5, 0.6) is 0 Å². The van der Waals surface area contributed by atoms with E-state index in [4.69, 9.17) is 5.41 Å². The SMILES string of the molecule is N=C1c2cn[nH]c2N(c2ccccc2)CN1c1ccccc1. The molecule has 0 spiro atoms. The van der Waals surface area contributed by atoms with Crippen molar-refractivity contribution in [3.63, 3.8) is 0 Å². The van der Waals surface area contributed by atoms with Crippen molar-refractivity contribution < 1.29 is 0 Å². The van der Waals surface area contributed by atoms with Gasteiger partial charge in [0.25, 0.3) is 0 Å². The van der Waals surface area contributed by atoms with E-state index in [1.807, 2.05) is 53.4 Å². The fourth-order valence-corrected chi connectivity index (χ4v) is 2.72. The second-order valence-electron chi connectivity index (χ2n) is 5.15. The minimum absolute atomic E-state index is 0.460. The first-order valence-corrected chi connectivity index (χ1v) is 7.12. The molecule has 3 aromatic rings. The van der Waals surface area contributed by atoms with E-state index in [0.717, 1.165) is 22.8 Å². The molecule has 1 aromatic heterocycles. The summed E-state index contributed by atoms with van der Waals surface area (Å²) in [6.07, 6.45) is 1.71. The van der Waals surface area contributed by atoms with Crippen LogP contribution in [0.15, 0.2) is 66.9 Å². The lowest BCUT2D eigenvalue weighted by Gasteiger charge is -2.37. The van der Waals surface area contributed by atoms with Crippen LogP contribution >= 0.6 is 0 Å². The number of hydrogen-bond donors (Lipinski definition) is 2. The Morgan fingerprint density at radius 2 is 1.45 bits per heavy atom. The second-order valence-corrected chi connectivity index (χ2v) is 5.15. The van der Waals surface area contributed by atoms with Gasteiger partial charge in [-0.2, -0.15) is 5.10 Å². The molecule has 5 heteroatoms. The number of amidine groups is 1. The Kier molecular flexibility index (Phi) is 2.89. The normalized spacial score (nSPS) is 14.1. The van der Waals surface area contributed by atoms with Crippen molar-refractivity contribution in [1.29, 1.82) is 5.41 Å². The molecule has 108 valence electrons. The summed E-state index contributed by atoms with van der Waals surface area (Å²) in [5.41, 5.74) is 2.88. The summed E-state index contributed by atoms with van der Waals surface area (Å²) in [5, 5.41) is 15.6. The van der Waals surface area contributed by atoms with Crippen LogP contribution in [0.25, 0.3) is 0 Å². The topological polar surface area (TPSA) is 59.0 Å². The smallest absolute Gasteiger partial charge is 0.141 e. The number of hydrogen-bond acceptors (Lipinski definition) is 3. The van der Waals surface area contributed by atoms with Gasteiger partial charge in [0, 0.05) is 11.4 Å². The monoisotopic (exact) mass is 289 g/mol. The van der Waals surface area contributed by atoms with Crippen molar-refractivity contribution in [2.75, 3.05) is 16.5 Å². The summed E-state index contributed by atoms with van der Waals surface area (Å²) >= 11 is 0. The van der Waals surface area contributed by atoms with E-state index in [1.54, 1.807) is 6.20 Å². The fourth-order valence-electron chi connectivity index (χ4n) is 2.72.